The van der Waals surface area contributed by atoms with Crippen LogP contribution in [-0.2, 0) is 11.3 Å². The molecule has 0 unspecified atom stereocenters. The van der Waals surface area contributed by atoms with Crippen molar-refractivity contribution in [1.82, 2.24) is 4.98 Å². The summed E-state index contributed by atoms with van der Waals surface area (Å²) >= 11 is 13.4. The molecule has 3 aromatic rings. The number of halogens is 2. The monoisotopic (exact) mass is 457 g/mol. The maximum Gasteiger partial charge on any atom is 0.131 e. The highest BCUT2D eigenvalue weighted by atomic mass is 79.9. The molecule has 4 heterocycles. The fourth-order valence-corrected chi connectivity index (χ4v) is 5.99. The van der Waals surface area contributed by atoms with E-state index in [1.807, 2.05) is 6.07 Å². The first-order chi connectivity index (χ1) is 12.1. The van der Waals surface area contributed by atoms with Crippen LogP contribution in [0.1, 0.15) is 28.7 Å². The molecule has 0 radical (unpaired) electrons. The van der Waals surface area contributed by atoms with E-state index in [4.69, 9.17) is 22.1 Å². The van der Waals surface area contributed by atoms with Crippen molar-refractivity contribution in [2.45, 2.75) is 31.5 Å². The summed E-state index contributed by atoms with van der Waals surface area (Å²) in [6, 6.07) is 6.06. The molecular formula is C17H17BrClN3OS2. The van der Waals surface area contributed by atoms with Gasteiger partial charge in [-0.1, -0.05) is 17.7 Å². The minimum absolute atomic E-state index is 0.0103. The Morgan fingerprint density at radius 1 is 1.48 bits per heavy atom. The van der Waals surface area contributed by atoms with Gasteiger partial charge in [-0.05, 0) is 40.2 Å². The van der Waals surface area contributed by atoms with Gasteiger partial charge in [0.05, 0.1) is 25.3 Å². The highest BCUT2D eigenvalue weighted by Gasteiger charge is 2.29. The Morgan fingerprint density at radius 2 is 2.36 bits per heavy atom. The summed E-state index contributed by atoms with van der Waals surface area (Å²) in [4.78, 5) is 6.88. The number of nitrogens with two attached hydrogens (primary N) is 1. The van der Waals surface area contributed by atoms with E-state index < -0.39 is 0 Å². The molecule has 4 rings (SSSR count). The second kappa shape index (κ2) is 7.50. The summed E-state index contributed by atoms with van der Waals surface area (Å²) in [5, 5.41) is 6.04. The van der Waals surface area contributed by atoms with Gasteiger partial charge in [0, 0.05) is 30.1 Å². The number of fused-ring (bicyclic) bond motifs is 1. The van der Waals surface area contributed by atoms with Crippen molar-refractivity contribution in [3.05, 3.63) is 43.0 Å². The van der Waals surface area contributed by atoms with Crippen LogP contribution in [0, 0.1) is 0 Å². The number of nitrogens with one attached hydrogen (secondary N) is 1. The molecular weight excluding hydrogens is 442 g/mol. The first-order valence-electron chi connectivity index (χ1n) is 8.05. The summed E-state index contributed by atoms with van der Waals surface area (Å²) in [6.45, 7) is 1.51. The van der Waals surface area contributed by atoms with E-state index in [2.05, 4.69) is 43.7 Å². The maximum absolute atomic E-state index is 6.29. The Balaban J connectivity index is 1.72. The van der Waals surface area contributed by atoms with Gasteiger partial charge in [0.1, 0.15) is 11.3 Å². The van der Waals surface area contributed by atoms with E-state index in [1.165, 1.54) is 4.88 Å². The van der Waals surface area contributed by atoms with Crippen LogP contribution in [-0.4, -0.2) is 17.6 Å². The summed E-state index contributed by atoms with van der Waals surface area (Å²) in [7, 11) is 0. The fraction of sp³-hybridized carbons (Fsp3) is 0.353. The molecule has 0 bridgehead atoms. The fourth-order valence-electron chi connectivity index (χ4n) is 3.01. The molecule has 4 nitrogen and oxygen atoms in total. The van der Waals surface area contributed by atoms with Crippen molar-refractivity contribution in [2.24, 2.45) is 5.73 Å². The van der Waals surface area contributed by atoms with E-state index in [-0.39, 0.29) is 12.1 Å². The zero-order chi connectivity index (χ0) is 17.4. The highest BCUT2D eigenvalue weighted by Crippen LogP contribution is 2.45. The van der Waals surface area contributed by atoms with Gasteiger partial charge < -0.3 is 15.8 Å². The third-order valence-electron chi connectivity index (χ3n) is 4.24. The van der Waals surface area contributed by atoms with Crippen molar-refractivity contribution in [3.8, 4) is 0 Å². The average Bonchev–Trinajstić information content (AvgIpc) is 3.22. The third kappa shape index (κ3) is 3.59. The molecule has 0 aliphatic carbocycles. The Hall–Kier alpha value is -0.700. The second-order valence-electron chi connectivity index (χ2n) is 5.98. The molecule has 8 heteroatoms. The lowest BCUT2D eigenvalue weighted by Crippen LogP contribution is -2.34. The smallest absolute Gasteiger partial charge is 0.131 e. The third-order valence-corrected chi connectivity index (χ3v) is 7.65. The summed E-state index contributed by atoms with van der Waals surface area (Å²) in [6.07, 6.45) is 1.90. The van der Waals surface area contributed by atoms with Crippen LogP contribution in [0.4, 0.5) is 5.69 Å². The highest BCUT2D eigenvalue weighted by molar-refractivity contribution is 9.10. The normalized spacial score (nSPS) is 20.9. The molecule has 0 amide bonds. The molecule has 0 aromatic carbocycles. The lowest BCUT2D eigenvalue weighted by atomic mass is 10.0. The first-order valence-corrected chi connectivity index (χ1v) is 10.9. The largest absolute Gasteiger partial charge is 0.379 e. The topological polar surface area (TPSA) is 60.2 Å². The number of aromatic nitrogens is 1. The lowest BCUT2D eigenvalue weighted by molar-refractivity contribution is 0.00202. The molecule has 1 saturated heterocycles. The van der Waals surface area contributed by atoms with E-state index in [1.54, 1.807) is 22.7 Å². The molecule has 1 aliphatic heterocycles. The average molecular weight is 459 g/mol. The second-order valence-corrected chi connectivity index (χ2v) is 9.25. The summed E-state index contributed by atoms with van der Waals surface area (Å²) in [5.74, 6) is 0. The van der Waals surface area contributed by atoms with E-state index in [0.29, 0.717) is 5.15 Å². The summed E-state index contributed by atoms with van der Waals surface area (Å²) < 4.78 is 7.97. The minimum atomic E-state index is -0.0914. The van der Waals surface area contributed by atoms with Crippen LogP contribution >= 0.6 is 50.2 Å². The maximum atomic E-state index is 6.29. The molecule has 1 aliphatic rings. The van der Waals surface area contributed by atoms with E-state index in [9.17, 15) is 0 Å². The zero-order valence-electron chi connectivity index (χ0n) is 13.3. The quantitative estimate of drug-likeness (QED) is 0.502. The molecule has 0 spiro atoms. The Labute approximate surface area is 167 Å². The van der Waals surface area contributed by atoms with Gasteiger partial charge in [-0.25, -0.2) is 4.98 Å². The van der Waals surface area contributed by atoms with Gasteiger partial charge >= 0.3 is 0 Å². The van der Waals surface area contributed by atoms with Crippen molar-refractivity contribution in [1.29, 1.82) is 0 Å². The van der Waals surface area contributed by atoms with Crippen LogP contribution in [0.3, 0.4) is 0 Å². The van der Waals surface area contributed by atoms with Gasteiger partial charge in [0.15, 0.2) is 0 Å². The predicted molar refractivity (Wildman–Crippen MR) is 110 cm³/mol. The SMILES string of the molecule is N[C@H]1CCCO[C@H]1c1sc2c(NCc3cccs3)cc(Cl)nc2c1Br. The molecule has 3 aromatic heterocycles. The Bertz CT molecular complexity index is 884. The van der Waals surface area contributed by atoms with Gasteiger partial charge in [0.25, 0.3) is 0 Å². The number of nitrogens with zero attached hydrogens (tertiary/aromatic N) is 1. The van der Waals surface area contributed by atoms with Gasteiger partial charge in [-0.3, -0.25) is 0 Å². The molecule has 132 valence electrons. The molecule has 3 N–H and O–H groups in total. The number of thiophene rings is 2. The van der Waals surface area contributed by atoms with E-state index in [0.717, 1.165) is 51.2 Å². The minimum Gasteiger partial charge on any atom is -0.379 e. The Morgan fingerprint density at radius 3 is 3.12 bits per heavy atom. The van der Waals surface area contributed by atoms with E-state index >= 15 is 0 Å². The summed E-state index contributed by atoms with van der Waals surface area (Å²) in [5.41, 5.74) is 8.15. The molecule has 2 atom stereocenters. The molecule has 0 saturated carbocycles. The standard InChI is InChI=1S/C17H17BrClN3OS2/c18-13-14-16(25-17(13)15-10(20)4-1-5-23-15)11(7-12(19)22-14)21-8-9-3-2-6-24-9/h2-3,6-7,10,15H,1,4-5,8,20H2,(H,21,22)/t10-,15+/m0/s1. The number of rotatable bonds is 4. The first kappa shape index (κ1) is 17.7. The molecule has 1 fully saturated rings. The van der Waals surface area contributed by atoms with Crippen molar-refractivity contribution in [3.63, 3.8) is 0 Å². The number of pyridine rings is 1. The van der Waals surface area contributed by atoms with Gasteiger partial charge in [-0.2, -0.15) is 0 Å². The number of anilines is 1. The zero-order valence-corrected chi connectivity index (χ0v) is 17.3. The Kier molecular flexibility index (Phi) is 5.31. The van der Waals surface area contributed by atoms with Crippen molar-refractivity contribution >= 4 is 66.1 Å². The van der Waals surface area contributed by atoms with Crippen molar-refractivity contribution < 1.29 is 4.74 Å². The van der Waals surface area contributed by atoms with Gasteiger partial charge in [0.2, 0.25) is 0 Å². The molecule has 25 heavy (non-hydrogen) atoms. The number of hydrogen-bond acceptors (Lipinski definition) is 6. The predicted octanol–water partition coefficient (Wildman–Crippen LogP) is 5.56. The van der Waals surface area contributed by atoms with Crippen LogP contribution in [0.5, 0.6) is 0 Å². The van der Waals surface area contributed by atoms with Crippen LogP contribution in [0.25, 0.3) is 10.2 Å². The van der Waals surface area contributed by atoms with Crippen molar-refractivity contribution in [2.75, 3.05) is 11.9 Å². The number of ether oxygens (including phenoxy) is 1. The van der Waals surface area contributed by atoms with Crippen LogP contribution in [0.15, 0.2) is 28.1 Å². The van der Waals surface area contributed by atoms with Crippen LogP contribution in [0.2, 0.25) is 5.15 Å². The van der Waals surface area contributed by atoms with Gasteiger partial charge in [-0.15, -0.1) is 22.7 Å². The number of hydrogen-bond donors (Lipinski definition) is 2. The lowest BCUT2D eigenvalue weighted by Gasteiger charge is -2.28. The van der Waals surface area contributed by atoms with Crippen LogP contribution < -0.4 is 11.1 Å².